The lowest BCUT2D eigenvalue weighted by molar-refractivity contribution is 0.0426. The molecule has 0 amide bonds. The molecular formula is C15H30O. The first-order chi connectivity index (χ1) is 7.26. The molecule has 2 atom stereocenters. The van der Waals surface area contributed by atoms with E-state index >= 15 is 0 Å². The van der Waals surface area contributed by atoms with Gasteiger partial charge in [-0.3, -0.25) is 0 Å². The maximum atomic E-state index is 5.75. The summed E-state index contributed by atoms with van der Waals surface area (Å²) in [5, 5.41) is 0. The van der Waals surface area contributed by atoms with Crippen LogP contribution in [0.4, 0.5) is 0 Å². The van der Waals surface area contributed by atoms with Crippen LogP contribution < -0.4 is 0 Å². The van der Waals surface area contributed by atoms with Gasteiger partial charge in [0.15, 0.2) is 0 Å². The van der Waals surface area contributed by atoms with Crippen molar-refractivity contribution in [2.75, 3.05) is 6.61 Å². The average molecular weight is 226 g/mol. The Morgan fingerprint density at radius 3 is 2.25 bits per heavy atom. The highest BCUT2D eigenvalue weighted by Crippen LogP contribution is 2.32. The summed E-state index contributed by atoms with van der Waals surface area (Å²) >= 11 is 0. The number of hydrogen-bond acceptors (Lipinski definition) is 1. The van der Waals surface area contributed by atoms with Crippen LogP contribution in [0.2, 0.25) is 0 Å². The lowest BCUT2D eigenvalue weighted by atomic mass is 9.78. The normalized spacial score (nSPS) is 15.9. The molecule has 0 aliphatic heterocycles. The van der Waals surface area contributed by atoms with Gasteiger partial charge in [-0.1, -0.05) is 46.3 Å². The molecule has 0 N–H and O–H groups in total. The fourth-order valence-corrected chi connectivity index (χ4v) is 2.29. The molecule has 0 aromatic rings. The average Bonchev–Trinajstić information content (AvgIpc) is 2.13. The van der Waals surface area contributed by atoms with Gasteiger partial charge in [0.2, 0.25) is 0 Å². The lowest BCUT2D eigenvalue weighted by Crippen LogP contribution is -2.23. The molecule has 0 aromatic heterocycles. The van der Waals surface area contributed by atoms with Crippen LogP contribution >= 0.6 is 0 Å². The van der Waals surface area contributed by atoms with Crippen molar-refractivity contribution in [3.8, 4) is 0 Å². The van der Waals surface area contributed by atoms with Crippen molar-refractivity contribution in [3.63, 3.8) is 0 Å². The summed E-state index contributed by atoms with van der Waals surface area (Å²) in [6, 6.07) is 0. The van der Waals surface area contributed by atoms with Crippen molar-refractivity contribution < 1.29 is 4.74 Å². The fraction of sp³-hybridized carbons (Fsp3) is 0.867. The first kappa shape index (κ1) is 15.7. The molecule has 1 nitrogen and oxygen atoms in total. The number of hydrogen-bond donors (Lipinski definition) is 0. The standard InChI is InChI=1S/C15H30O/c1-8-13(4)9-15(6,7)10-14(5)16-11-12(2)3/h13-14H,2,8-11H2,1,3-7H3. The first-order valence-corrected chi connectivity index (χ1v) is 6.53. The predicted molar refractivity (Wildman–Crippen MR) is 72.7 cm³/mol. The summed E-state index contributed by atoms with van der Waals surface area (Å²) in [6.07, 6.45) is 4.01. The zero-order valence-corrected chi connectivity index (χ0v) is 12.1. The molecule has 0 spiro atoms. The molecule has 1 heteroatoms. The predicted octanol–water partition coefficient (Wildman–Crippen LogP) is 4.82. The van der Waals surface area contributed by atoms with Gasteiger partial charge >= 0.3 is 0 Å². The third-order valence-electron chi connectivity index (χ3n) is 3.05. The second-order valence-electron chi connectivity index (χ2n) is 6.16. The third kappa shape index (κ3) is 7.92. The molecule has 0 radical (unpaired) electrons. The lowest BCUT2D eigenvalue weighted by Gasteiger charge is -2.30. The molecule has 0 rings (SSSR count). The molecule has 0 saturated heterocycles. The van der Waals surface area contributed by atoms with Crippen LogP contribution in [-0.2, 0) is 4.74 Å². The van der Waals surface area contributed by atoms with E-state index in [2.05, 4.69) is 41.2 Å². The summed E-state index contributed by atoms with van der Waals surface area (Å²) in [5.74, 6) is 0.809. The topological polar surface area (TPSA) is 9.23 Å². The van der Waals surface area contributed by atoms with E-state index in [0.29, 0.717) is 18.1 Å². The Morgan fingerprint density at radius 2 is 1.81 bits per heavy atom. The highest BCUT2D eigenvalue weighted by molar-refractivity contribution is 4.88. The van der Waals surface area contributed by atoms with E-state index in [9.17, 15) is 0 Å². The molecule has 0 aliphatic rings. The van der Waals surface area contributed by atoms with Crippen LogP contribution in [0.1, 0.15) is 60.8 Å². The van der Waals surface area contributed by atoms with Crippen molar-refractivity contribution in [3.05, 3.63) is 12.2 Å². The Labute approximate surface area is 102 Å². The largest absolute Gasteiger partial charge is 0.374 e. The van der Waals surface area contributed by atoms with Crippen LogP contribution in [0, 0.1) is 11.3 Å². The second kappa shape index (κ2) is 7.11. The minimum atomic E-state index is 0.329. The molecule has 0 fully saturated rings. The van der Waals surface area contributed by atoms with E-state index < -0.39 is 0 Å². The third-order valence-corrected chi connectivity index (χ3v) is 3.05. The smallest absolute Gasteiger partial charge is 0.0675 e. The minimum absolute atomic E-state index is 0.329. The molecule has 0 bridgehead atoms. The van der Waals surface area contributed by atoms with E-state index in [4.69, 9.17) is 4.74 Å². The maximum absolute atomic E-state index is 5.75. The Balaban J connectivity index is 3.98. The van der Waals surface area contributed by atoms with Crippen molar-refractivity contribution in [1.29, 1.82) is 0 Å². The van der Waals surface area contributed by atoms with Crippen LogP contribution in [-0.4, -0.2) is 12.7 Å². The monoisotopic (exact) mass is 226 g/mol. The Bertz CT molecular complexity index is 205. The van der Waals surface area contributed by atoms with Crippen molar-refractivity contribution >= 4 is 0 Å². The molecular weight excluding hydrogens is 196 g/mol. The number of rotatable bonds is 8. The van der Waals surface area contributed by atoms with Gasteiger partial charge in [0.05, 0.1) is 12.7 Å². The first-order valence-electron chi connectivity index (χ1n) is 6.53. The van der Waals surface area contributed by atoms with Gasteiger partial charge in [-0.25, -0.2) is 0 Å². The van der Waals surface area contributed by atoms with Gasteiger partial charge < -0.3 is 4.74 Å². The molecule has 0 heterocycles. The van der Waals surface area contributed by atoms with E-state index in [0.717, 1.165) is 17.9 Å². The minimum Gasteiger partial charge on any atom is -0.374 e. The van der Waals surface area contributed by atoms with Crippen LogP contribution in [0.5, 0.6) is 0 Å². The molecule has 0 aliphatic carbocycles. The summed E-state index contributed by atoms with van der Waals surface area (Å²) < 4.78 is 5.75. The maximum Gasteiger partial charge on any atom is 0.0675 e. The van der Waals surface area contributed by atoms with Crippen molar-refractivity contribution in [1.82, 2.24) is 0 Å². The summed E-state index contributed by atoms with van der Waals surface area (Å²) in [4.78, 5) is 0. The van der Waals surface area contributed by atoms with Crippen LogP contribution in [0.25, 0.3) is 0 Å². The van der Waals surface area contributed by atoms with Crippen LogP contribution in [0.3, 0.4) is 0 Å². The van der Waals surface area contributed by atoms with Crippen molar-refractivity contribution in [2.24, 2.45) is 11.3 Å². The van der Waals surface area contributed by atoms with E-state index in [1.807, 2.05) is 6.92 Å². The second-order valence-corrected chi connectivity index (χ2v) is 6.16. The van der Waals surface area contributed by atoms with Crippen molar-refractivity contribution in [2.45, 2.75) is 66.9 Å². The molecule has 96 valence electrons. The van der Waals surface area contributed by atoms with Gasteiger partial charge in [0.25, 0.3) is 0 Å². The Morgan fingerprint density at radius 1 is 1.25 bits per heavy atom. The zero-order chi connectivity index (χ0) is 12.8. The van der Waals surface area contributed by atoms with Gasteiger partial charge in [-0.2, -0.15) is 0 Å². The Kier molecular flexibility index (Phi) is 6.98. The van der Waals surface area contributed by atoms with E-state index in [1.54, 1.807) is 0 Å². The SMILES string of the molecule is C=C(C)COC(C)CC(C)(C)CC(C)CC. The van der Waals surface area contributed by atoms with Gasteiger partial charge in [0.1, 0.15) is 0 Å². The van der Waals surface area contributed by atoms with E-state index in [-0.39, 0.29) is 0 Å². The number of ether oxygens (including phenoxy) is 1. The molecule has 0 aromatic carbocycles. The van der Waals surface area contributed by atoms with E-state index in [1.165, 1.54) is 12.8 Å². The summed E-state index contributed by atoms with van der Waals surface area (Å²) in [7, 11) is 0. The summed E-state index contributed by atoms with van der Waals surface area (Å²) in [6.45, 7) is 18.0. The Hall–Kier alpha value is -0.300. The van der Waals surface area contributed by atoms with Gasteiger partial charge in [0, 0.05) is 0 Å². The summed E-state index contributed by atoms with van der Waals surface area (Å²) in [5.41, 5.74) is 1.48. The fourth-order valence-electron chi connectivity index (χ4n) is 2.29. The molecule has 0 saturated carbocycles. The van der Waals surface area contributed by atoms with Crippen LogP contribution in [0.15, 0.2) is 12.2 Å². The highest BCUT2D eigenvalue weighted by atomic mass is 16.5. The quantitative estimate of drug-likeness (QED) is 0.539. The zero-order valence-electron chi connectivity index (χ0n) is 12.1. The molecule has 16 heavy (non-hydrogen) atoms. The molecule has 2 unspecified atom stereocenters. The van der Waals surface area contributed by atoms with Gasteiger partial charge in [-0.05, 0) is 38.0 Å². The highest BCUT2D eigenvalue weighted by Gasteiger charge is 2.23. The van der Waals surface area contributed by atoms with Gasteiger partial charge in [-0.15, -0.1) is 0 Å².